The Morgan fingerprint density at radius 2 is 1.89 bits per heavy atom. The molecule has 1 aromatic carbocycles. The third kappa shape index (κ3) is 2.61. The van der Waals surface area contributed by atoms with Gasteiger partial charge in [0.25, 0.3) is 0 Å². The number of piperidine rings is 1. The van der Waals surface area contributed by atoms with Crippen molar-refractivity contribution >= 4 is 0 Å². The van der Waals surface area contributed by atoms with Crippen molar-refractivity contribution in [1.82, 2.24) is 5.32 Å². The van der Waals surface area contributed by atoms with Gasteiger partial charge in [0.2, 0.25) is 0 Å². The summed E-state index contributed by atoms with van der Waals surface area (Å²) in [6, 6.07) is 6.33. The van der Waals surface area contributed by atoms with Crippen molar-refractivity contribution in [1.29, 1.82) is 0 Å². The lowest BCUT2D eigenvalue weighted by Crippen LogP contribution is -2.32. The van der Waals surface area contributed by atoms with Crippen molar-refractivity contribution in [2.45, 2.75) is 32.2 Å². The Labute approximate surface area is 109 Å². The molecular formula is C15H23NO2. The summed E-state index contributed by atoms with van der Waals surface area (Å²) in [5.74, 6) is 2.64. The summed E-state index contributed by atoms with van der Waals surface area (Å²) < 4.78 is 11.0. The van der Waals surface area contributed by atoms with E-state index in [0.717, 1.165) is 30.4 Å². The van der Waals surface area contributed by atoms with Gasteiger partial charge in [-0.2, -0.15) is 0 Å². The summed E-state index contributed by atoms with van der Waals surface area (Å²) in [5.41, 5.74) is 1.17. The first kappa shape index (κ1) is 13.2. The first-order valence-electron chi connectivity index (χ1n) is 6.74. The van der Waals surface area contributed by atoms with Gasteiger partial charge in [0.15, 0.2) is 0 Å². The lowest BCUT2D eigenvalue weighted by Gasteiger charge is -2.31. The van der Waals surface area contributed by atoms with Crippen LogP contribution < -0.4 is 14.8 Å². The number of ether oxygens (including phenoxy) is 2. The molecule has 1 fully saturated rings. The molecule has 3 heteroatoms. The van der Waals surface area contributed by atoms with E-state index in [4.69, 9.17) is 9.47 Å². The van der Waals surface area contributed by atoms with Crippen molar-refractivity contribution in [2.75, 3.05) is 20.8 Å². The molecule has 1 aromatic rings. The molecule has 3 nitrogen and oxygen atoms in total. The van der Waals surface area contributed by atoms with Crippen LogP contribution in [0.25, 0.3) is 0 Å². The van der Waals surface area contributed by atoms with Gasteiger partial charge in [-0.1, -0.05) is 19.4 Å². The number of hydrogen-bond donors (Lipinski definition) is 1. The number of benzene rings is 1. The molecule has 2 rings (SSSR count). The molecule has 1 aliphatic heterocycles. The van der Waals surface area contributed by atoms with Gasteiger partial charge in [-0.25, -0.2) is 0 Å². The van der Waals surface area contributed by atoms with Gasteiger partial charge in [-0.3, -0.25) is 0 Å². The molecule has 100 valence electrons. The maximum atomic E-state index is 5.49. The highest BCUT2D eigenvalue weighted by atomic mass is 16.5. The molecule has 0 amide bonds. The predicted octanol–water partition coefficient (Wildman–Crippen LogP) is 3.15. The maximum Gasteiger partial charge on any atom is 0.127 e. The number of hydrogen-bond acceptors (Lipinski definition) is 3. The van der Waals surface area contributed by atoms with E-state index in [1.54, 1.807) is 14.2 Å². The normalized spacial score (nSPS) is 23.7. The monoisotopic (exact) mass is 249 g/mol. The van der Waals surface area contributed by atoms with E-state index in [0.29, 0.717) is 6.04 Å². The van der Waals surface area contributed by atoms with Gasteiger partial charge >= 0.3 is 0 Å². The topological polar surface area (TPSA) is 30.5 Å². The quantitative estimate of drug-likeness (QED) is 0.889. The lowest BCUT2D eigenvalue weighted by atomic mass is 9.86. The lowest BCUT2D eigenvalue weighted by molar-refractivity contribution is 0.284. The molecule has 0 radical (unpaired) electrons. The molecule has 0 bridgehead atoms. The zero-order valence-corrected chi connectivity index (χ0v) is 11.5. The summed E-state index contributed by atoms with van der Waals surface area (Å²) in [7, 11) is 3.44. The van der Waals surface area contributed by atoms with Crippen molar-refractivity contribution < 1.29 is 9.47 Å². The molecule has 0 spiro atoms. The van der Waals surface area contributed by atoms with Crippen LogP contribution >= 0.6 is 0 Å². The Bertz CT molecular complexity index is 370. The van der Waals surface area contributed by atoms with E-state index in [1.165, 1.54) is 18.4 Å². The van der Waals surface area contributed by atoms with Crippen LogP contribution in [0.2, 0.25) is 0 Å². The van der Waals surface area contributed by atoms with Gasteiger partial charge in [0.1, 0.15) is 11.5 Å². The number of rotatable bonds is 4. The van der Waals surface area contributed by atoms with Crippen LogP contribution in [-0.2, 0) is 0 Å². The van der Waals surface area contributed by atoms with Crippen LogP contribution in [-0.4, -0.2) is 20.8 Å². The SMILES string of the molecule is CCC1CCNC(c2c(OC)cccc2OC)C1. The van der Waals surface area contributed by atoms with E-state index in [2.05, 4.69) is 12.2 Å². The van der Waals surface area contributed by atoms with Crippen LogP contribution in [0.3, 0.4) is 0 Å². The first-order chi connectivity index (χ1) is 8.80. The average molecular weight is 249 g/mol. The predicted molar refractivity (Wildman–Crippen MR) is 73.3 cm³/mol. The van der Waals surface area contributed by atoms with E-state index in [1.807, 2.05) is 18.2 Å². The van der Waals surface area contributed by atoms with Crippen LogP contribution in [0.15, 0.2) is 18.2 Å². The molecule has 18 heavy (non-hydrogen) atoms. The fourth-order valence-corrected chi connectivity index (χ4v) is 2.81. The average Bonchev–Trinajstić information content (AvgIpc) is 2.46. The van der Waals surface area contributed by atoms with Gasteiger partial charge in [0.05, 0.1) is 19.8 Å². The van der Waals surface area contributed by atoms with Gasteiger partial charge in [-0.05, 0) is 37.4 Å². The summed E-state index contributed by atoms with van der Waals surface area (Å²) in [6.07, 6.45) is 3.67. The van der Waals surface area contributed by atoms with Crippen LogP contribution in [0.5, 0.6) is 11.5 Å². The van der Waals surface area contributed by atoms with E-state index in [9.17, 15) is 0 Å². The van der Waals surface area contributed by atoms with Gasteiger partial charge in [0, 0.05) is 6.04 Å². The largest absolute Gasteiger partial charge is 0.496 e. The minimum atomic E-state index is 0.342. The van der Waals surface area contributed by atoms with Crippen LogP contribution in [0, 0.1) is 5.92 Å². The molecule has 1 N–H and O–H groups in total. The second-order valence-electron chi connectivity index (χ2n) is 4.88. The Hall–Kier alpha value is -1.22. The minimum Gasteiger partial charge on any atom is -0.496 e. The molecule has 2 atom stereocenters. The summed E-state index contributed by atoms with van der Waals surface area (Å²) >= 11 is 0. The highest BCUT2D eigenvalue weighted by Crippen LogP contribution is 2.39. The zero-order chi connectivity index (χ0) is 13.0. The Morgan fingerprint density at radius 1 is 1.22 bits per heavy atom. The fourth-order valence-electron chi connectivity index (χ4n) is 2.81. The maximum absolute atomic E-state index is 5.49. The van der Waals surface area contributed by atoms with Crippen LogP contribution in [0.4, 0.5) is 0 Å². The van der Waals surface area contributed by atoms with Crippen molar-refractivity contribution in [3.8, 4) is 11.5 Å². The zero-order valence-electron chi connectivity index (χ0n) is 11.5. The second kappa shape index (κ2) is 6.10. The van der Waals surface area contributed by atoms with Gasteiger partial charge < -0.3 is 14.8 Å². The molecule has 1 heterocycles. The third-order valence-corrected chi connectivity index (χ3v) is 3.90. The number of nitrogens with one attached hydrogen (secondary N) is 1. The highest BCUT2D eigenvalue weighted by Gasteiger charge is 2.26. The minimum absolute atomic E-state index is 0.342. The van der Waals surface area contributed by atoms with E-state index < -0.39 is 0 Å². The van der Waals surface area contributed by atoms with E-state index in [-0.39, 0.29) is 0 Å². The Kier molecular flexibility index (Phi) is 4.48. The standard InChI is InChI=1S/C15H23NO2/c1-4-11-8-9-16-12(10-11)15-13(17-2)6-5-7-14(15)18-3/h5-7,11-12,16H,4,8-10H2,1-3H3. The molecule has 0 aliphatic carbocycles. The third-order valence-electron chi connectivity index (χ3n) is 3.90. The van der Waals surface area contributed by atoms with Gasteiger partial charge in [-0.15, -0.1) is 0 Å². The van der Waals surface area contributed by atoms with Crippen molar-refractivity contribution in [2.24, 2.45) is 5.92 Å². The molecule has 0 aromatic heterocycles. The number of methoxy groups -OCH3 is 2. The molecule has 2 unspecified atom stereocenters. The van der Waals surface area contributed by atoms with Crippen LogP contribution in [0.1, 0.15) is 37.8 Å². The molecule has 1 saturated heterocycles. The second-order valence-corrected chi connectivity index (χ2v) is 4.88. The van der Waals surface area contributed by atoms with E-state index >= 15 is 0 Å². The summed E-state index contributed by atoms with van der Waals surface area (Å²) in [5, 5.41) is 3.59. The van der Waals surface area contributed by atoms with Crippen molar-refractivity contribution in [3.63, 3.8) is 0 Å². The fraction of sp³-hybridized carbons (Fsp3) is 0.600. The molecular weight excluding hydrogens is 226 g/mol. The summed E-state index contributed by atoms with van der Waals surface area (Å²) in [4.78, 5) is 0. The Balaban J connectivity index is 2.30. The smallest absolute Gasteiger partial charge is 0.127 e. The first-order valence-corrected chi connectivity index (χ1v) is 6.74. The molecule has 1 aliphatic rings. The highest BCUT2D eigenvalue weighted by molar-refractivity contribution is 5.47. The Morgan fingerprint density at radius 3 is 2.44 bits per heavy atom. The summed E-state index contributed by atoms with van der Waals surface area (Å²) in [6.45, 7) is 3.34. The molecule has 0 saturated carbocycles. The van der Waals surface area contributed by atoms with Crippen molar-refractivity contribution in [3.05, 3.63) is 23.8 Å².